The molecule has 2 rings (SSSR count). The van der Waals surface area contributed by atoms with Gasteiger partial charge in [0.25, 0.3) is 0 Å². The molecule has 0 bridgehead atoms. The third-order valence-electron chi connectivity index (χ3n) is 3.98. The van der Waals surface area contributed by atoms with Gasteiger partial charge >= 0.3 is 0 Å². The number of unbranched alkanes of at least 4 members (excludes halogenated alkanes) is 7. The highest BCUT2D eigenvalue weighted by Crippen LogP contribution is 2.34. The summed E-state index contributed by atoms with van der Waals surface area (Å²) < 4.78 is 0. The van der Waals surface area contributed by atoms with E-state index in [9.17, 15) is 4.79 Å². The number of aryl methyl sites for hydroxylation is 1. The predicted molar refractivity (Wildman–Crippen MR) is 99.3 cm³/mol. The molecular weight excluding hydrogens is 308 g/mol. The van der Waals surface area contributed by atoms with Crippen molar-refractivity contribution in [2.75, 3.05) is 0 Å². The SMILES string of the molecule is CCCCCCCCCCc1cc(-c2cccs2)c(C=O)s1. The van der Waals surface area contributed by atoms with Crippen LogP contribution in [0.5, 0.6) is 0 Å². The fraction of sp³-hybridized carbons (Fsp3) is 0.526. The highest BCUT2D eigenvalue weighted by atomic mass is 32.1. The van der Waals surface area contributed by atoms with E-state index in [0.29, 0.717) is 0 Å². The molecule has 0 saturated heterocycles. The van der Waals surface area contributed by atoms with Gasteiger partial charge in [-0.3, -0.25) is 4.79 Å². The molecule has 0 radical (unpaired) electrons. The van der Waals surface area contributed by atoms with E-state index < -0.39 is 0 Å². The average Bonchev–Trinajstić information content (AvgIpc) is 3.18. The van der Waals surface area contributed by atoms with Gasteiger partial charge in [0, 0.05) is 15.3 Å². The molecule has 0 aliphatic rings. The molecular formula is C19H26OS2. The number of carbonyl (C=O) groups is 1. The number of rotatable bonds is 11. The molecule has 0 fully saturated rings. The summed E-state index contributed by atoms with van der Waals surface area (Å²) in [6.07, 6.45) is 12.9. The number of carbonyl (C=O) groups excluding carboxylic acids is 1. The van der Waals surface area contributed by atoms with E-state index in [0.717, 1.165) is 23.1 Å². The van der Waals surface area contributed by atoms with Crippen molar-refractivity contribution in [3.05, 3.63) is 33.3 Å². The van der Waals surface area contributed by atoms with Crippen LogP contribution in [-0.4, -0.2) is 6.29 Å². The van der Waals surface area contributed by atoms with Crippen molar-refractivity contribution < 1.29 is 4.79 Å². The van der Waals surface area contributed by atoms with Gasteiger partial charge in [-0.1, -0.05) is 57.9 Å². The van der Waals surface area contributed by atoms with Gasteiger partial charge in [0.2, 0.25) is 0 Å². The lowest BCUT2D eigenvalue weighted by Crippen LogP contribution is -1.83. The third-order valence-corrected chi connectivity index (χ3v) is 6.01. The Hall–Kier alpha value is -0.930. The van der Waals surface area contributed by atoms with E-state index in [1.807, 2.05) is 6.07 Å². The Balaban J connectivity index is 1.73. The Labute approximate surface area is 142 Å². The van der Waals surface area contributed by atoms with Gasteiger partial charge in [0.15, 0.2) is 6.29 Å². The Morgan fingerprint density at radius 3 is 2.41 bits per heavy atom. The zero-order chi connectivity index (χ0) is 15.6. The van der Waals surface area contributed by atoms with Crippen molar-refractivity contribution in [3.8, 4) is 10.4 Å². The van der Waals surface area contributed by atoms with Crippen molar-refractivity contribution in [3.63, 3.8) is 0 Å². The van der Waals surface area contributed by atoms with Gasteiger partial charge in [-0.15, -0.1) is 22.7 Å². The van der Waals surface area contributed by atoms with Gasteiger partial charge in [0.05, 0.1) is 4.88 Å². The third kappa shape index (κ3) is 5.36. The number of thiophene rings is 2. The zero-order valence-electron chi connectivity index (χ0n) is 13.5. The maximum Gasteiger partial charge on any atom is 0.160 e. The summed E-state index contributed by atoms with van der Waals surface area (Å²) in [6, 6.07) is 6.37. The van der Waals surface area contributed by atoms with E-state index in [4.69, 9.17) is 0 Å². The van der Waals surface area contributed by atoms with Crippen LogP contribution in [0, 0.1) is 0 Å². The van der Waals surface area contributed by atoms with E-state index >= 15 is 0 Å². The van der Waals surface area contributed by atoms with Crippen LogP contribution < -0.4 is 0 Å². The van der Waals surface area contributed by atoms with Gasteiger partial charge in [-0.25, -0.2) is 0 Å². The van der Waals surface area contributed by atoms with Crippen molar-refractivity contribution >= 4 is 29.0 Å². The molecule has 0 aliphatic heterocycles. The molecule has 2 heterocycles. The molecule has 0 N–H and O–H groups in total. The molecule has 2 aromatic rings. The van der Waals surface area contributed by atoms with Crippen LogP contribution in [0.2, 0.25) is 0 Å². The second-order valence-electron chi connectivity index (χ2n) is 5.81. The molecule has 22 heavy (non-hydrogen) atoms. The van der Waals surface area contributed by atoms with E-state index in [1.165, 1.54) is 61.1 Å². The van der Waals surface area contributed by atoms with Crippen molar-refractivity contribution in [1.82, 2.24) is 0 Å². The number of hydrogen-bond donors (Lipinski definition) is 0. The van der Waals surface area contributed by atoms with Gasteiger partial charge in [-0.05, 0) is 30.4 Å². The predicted octanol–water partition coefficient (Wildman–Crippen LogP) is 6.97. The molecule has 0 aromatic carbocycles. The molecule has 0 spiro atoms. The molecule has 0 aliphatic carbocycles. The van der Waals surface area contributed by atoms with Crippen LogP contribution in [-0.2, 0) is 6.42 Å². The van der Waals surface area contributed by atoms with Crippen LogP contribution in [0.3, 0.4) is 0 Å². The summed E-state index contributed by atoms with van der Waals surface area (Å²) in [4.78, 5) is 14.7. The van der Waals surface area contributed by atoms with Crippen molar-refractivity contribution in [1.29, 1.82) is 0 Å². The standard InChI is InChI=1S/C19H26OS2/c1-2-3-4-5-6-7-8-9-11-16-14-17(19(15-20)22-16)18-12-10-13-21-18/h10,12-15H,2-9,11H2,1H3. The molecule has 3 heteroatoms. The summed E-state index contributed by atoms with van der Waals surface area (Å²) >= 11 is 3.38. The normalized spacial score (nSPS) is 11.0. The summed E-state index contributed by atoms with van der Waals surface area (Å²) in [7, 11) is 0. The van der Waals surface area contributed by atoms with Gasteiger partial charge < -0.3 is 0 Å². The second-order valence-corrected chi connectivity index (χ2v) is 7.93. The molecule has 0 unspecified atom stereocenters. The summed E-state index contributed by atoms with van der Waals surface area (Å²) in [5.41, 5.74) is 1.13. The van der Waals surface area contributed by atoms with Crippen LogP contribution in [0.1, 0.15) is 72.8 Å². The molecule has 1 nitrogen and oxygen atoms in total. The fourth-order valence-electron chi connectivity index (χ4n) is 2.73. The maximum absolute atomic E-state index is 11.3. The Morgan fingerprint density at radius 1 is 1.05 bits per heavy atom. The second kappa shape index (κ2) is 9.96. The number of hydrogen-bond acceptors (Lipinski definition) is 3. The molecule has 0 atom stereocenters. The summed E-state index contributed by atoms with van der Waals surface area (Å²) in [5.74, 6) is 0. The Kier molecular flexibility index (Phi) is 7.89. The first-order valence-corrected chi connectivity index (χ1v) is 10.2. The lowest BCUT2D eigenvalue weighted by atomic mass is 10.1. The quantitative estimate of drug-likeness (QED) is 0.320. The van der Waals surface area contributed by atoms with Crippen molar-refractivity contribution in [2.24, 2.45) is 0 Å². The first-order valence-electron chi connectivity index (χ1n) is 8.47. The van der Waals surface area contributed by atoms with Crippen LogP contribution in [0.4, 0.5) is 0 Å². The van der Waals surface area contributed by atoms with Crippen LogP contribution in [0.15, 0.2) is 23.6 Å². The summed E-state index contributed by atoms with van der Waals surface area (Å²) in [6.45, 7) is 2.26. The molecule has 0 saturated carbocycles. The summed E-state index contributed by atoms with van der Waals surface area (Å²) in [5, 5.41) is 2.07. The molecule has 120 valence electrons. The minimum atomic E-state index is 0.886. The van der Waals surface area contributed by atoms with E-state index in [1.54, 1.807) is 22.7 Å². The minimum Gasteiger partial charge on any atom is -0.297 e. The highest BCUT2D eigenvalue weighted by molar-refractivity contribution is 7.16. The monoisotopic (exact) mass is 334 g/mol. The average molecular weight is 335 g/mol. The fourth-order valence-corrected chi connectivity index (χ4v) is 4.58. The molecule has 0 amide bonds. The Morgan fingerprint density at radius 2 is 1.77 bits per heavy atom. The molecule has 2 aromatic heterocycles. The Bertz CT molecular complexity index is 540. The van der Waals surface area contributed by atoms with Crippen LogP contribution in [0.25, 0.3) is 10.4 Å². The number of aldehydes is 1. The lowest BCUT2D eigenvalue weighted by Gasteiger charge is -2.00. The zero-order valence-corrected chi connectivity index (χ0v) is 15.1. The first kappa shape index (κ1) is 17.4. The topological polar surface area (TPSA) is 17.1 Å². The van der Waals surface area contributed by atoms with Crippen LogP contribution >= 0.6 is 22.7 Å². The van der Waals surface area contributed by atoms with Gasteiger partial charge in [-0.2, -0.15) is 0 Å². The van der Waals surface area contributed by atoms with E-state index in [-0.39, 0.29) is 0 Å². The van der Waals surface area contributed by atoms with Crippen molar-refractivity contribution in [2.45, 2.75) is 64.7 Å². The largest absolute Gasteiger partial charge is 0.297 e. The lowest BCUT2D eigenvalue weighted by molar-refractivity contribution is 0.112. The highest BCUT2D eigenvalue weighted by Gasteiger charge is 2.11. The minimum absolute atomic E-state index is 0.886. The maximum atomic E-state index is 11.3. The first-order chi connectivity index (χ1) is 10.8. The smallest absolute Gasteiger partial charge is 0.160 e. The van der Waals surface area contributed by atoms with E-state index in [2.05, 4.69) is 24.4 Å². The van der Waals surface area contributed by atoms with Gasteiger partial charge in [0.1, 0.15) is 0 Å².